The highest BCUT2D eigenvalue weighted by Gasteiger charge is 2.56. The second kappa shape index (κ2) is 7.81. The van der Waals surface area contributed by atoms with Crippen LogP contribution in [0.4, 0.5) is 0 Å². The van der Waals surface area contributed by atoms with Gasteiger partial charge in [0, 0.05) is 12.6 Å². The summed E-state index contributed by atoms with van der Waals surface area (Å²) in [6.45, 7) is 2.84. The Labute approximate surface area is 128 Å². The van der Waals surface area contributed by atoms with E-state index >= 15 is 0 Å². The molecule has 4 nitrogen and oxygen atoms in total. The smallest absolute Gasteiger partial charge is 0.235 e. The number of unbranched alkanes of at least 4 members (excludes halogenated alkanes) is 2. The van der Waals surface area contributed by atoms with E-state index in [-0.39, 0.29) is 17.9 Å². The van der Waals surface area contributed by atoms with E-state index < -0.39 is 5.41 Å². The van der Waals surface area contributed by atoms with Crippen LogP contribution in [0.3, 0.4) is 0 Å². The molecule has 2 N–H and O–H groups in total. The van der Waals surface area contributed by atoms with Crippen LogP contribution in [-0.2, 0) is 9.59 Å². The molecule has 2 amide bonds. The monoisotopic (exact) mass is 294 g/mol. The van der Waals surface area contributed by atoms with Crippen LogP contribution in [-0.4, -0.2) is 24.4 Å². The summed E-state index contributed by atoms with van der Waals surface area (Å²) in [6, 6.07) is 0.283. The van der Waals surface area contributed by atoms with Crippen molar-refractivity contribution in [3.8, 4) is 0 Å². The third kappa shape index (κ3) is 4.45. The van der Waals surface area contributed by atoms with Gasteiger partial charge in [0.2, 0.25) is 11.8 Å². The van der Waals surface area contributed by atoms with E-state index in [4.69, 9.17) is 0 Å². The number of amides is 2. The van der Waals surface area contributed by atoms with E-state index in [0.717, 1.165) is 32.1 Å². The van der Waals surface area contributed by atoms with Crippen molar-refractivity contribution >= 4 is 11.8 Å². The predicted octanol–water partition coefficient (Wildman–Crippen LogP) is 2.91. The molecule has 0 aromatic carbocycles. The van der Waals surface area contributed by atoms with Gasteiger partial charge in [-0.15, -0.1) is 0 Å². The molecule has 0 unspecified atom stereocenters. The molecule has 0 aromatic rings. The predicted molar refractivity (Wildman–Crippen MR) is 83.8 cm³/mol. The molecule has 2 fully saturated rings. The Hall–Kier alpha value is -1.06. The molecule has 0 bridgehead atoms. The Morgan fingerprint density at radius 2 is 1.67 bits per heavy atom. The lowest BCUT2D eigenvalue weighted by atomic mass is 10.0. The summed E-state index contributed by atoms with van der Waals surface area (Å²) in [4.78, 5) is 24.7. The molecule has 2 aliphatic carbocycles. The van der Waals surface area contributed by atoms with Crippen molar-refractivity contribution in [3.05, 3.63) is 0 Å². The second-order valence-corrected chi connectivity index (χ2v) is 6.71. The van der Waals surface area contributed by atoms with Crippen molar-refractivity contribution in [3.63, 3.8) is 0 Å². The molecule has 0 atom stereocenters. The van der Waals surface area contributed by atoms with Crippen LogP contribution in [0.1, 0.15) is 77.6 Å². The van der Waals surface area contributed by atoms with Crippen molar-refractivity contribution in [2.45, 2.75) is 83.6 Å². The fourth-order valence-corrected chi connectivity index (χ4v) is 3.18. The van der Waals surface area contributed by atoms with Crippen LogP contribution < -0.4 is 10.6 Å². The maximum absolute atomic E-state index is 12.5. The van der Waals surface area contributed by atoms with Crippen LogP contribution in [0.2, 0.25) is 0 Å². The van der Waals surface area contributed by atoms with E-state index in [1.807, 2.05) is 0 Å². The first-order valence-corrected chi connectivity index (χ1v) is 8.78. The number of carbonyl (C=O) groups excluding carboxylic acids is 2. The molecule has 2 saturated carbocycles. The lowest BCUT2D eigenvalue weighted by molar-refractivity contribution is -0.137. The number of carbonyl (C=O) groups is 2. The van der Waals surface area contributed by atoms with Crippen molar-refractivity contribution in [1.29, 1.82) is 0 Å². The van der Waals surface area contributed by atoms with Gasteiger partial charge in [0.1, 0.15) is 5.41 Å². The van der Waals surface area contributed by atoms with Crippen molar-refractivity contribution in [2.24, 2.45) is 5.41 Å². The van der Waals surface area contributed by atoms with E-state index in [2.05, 4.69) is 17.6 Å². The first kappa shape index (κ1) is 16.3. The normalized spacial score (nSPS) is 21.4. The third-order valence-electron chi connectivity index (χ3n) is 4.88. The summed E-state index contributed by atoms with van der Waals surface area (Å²) < 4.78 is 0. The molecule has 120 valence electrons. The average Bonchev–Trinajstić information content (AvgIpc) is 3.28. The second-order valence-electron chi connectivity index (χ2n) is 6.71. The molecule has 21 heavy (non-hydrogen) atoms. The molecule has 0 spiro atoms. The van der Waals surface area contributed by atoms with Crippen molar-refractivity contribution in [1.82, 2.24) is 10.6 Å². The highest BCUT2D eigenvalue weighted by molar-refractivity contribution is 6.07. The van der Waals surface area contributed by atoms with Gasteiger partial charge in [-0.1, -0.05) is 45.4 Å². The van der Waals surface area contributed by atoms with E-state index in [1.165, 1.54) is 25.7 Å². The zero-order chi connectivity index (χ0) is 15.1. The molecule has 4 heteroatoms. The van der Waals surface area contributed by atoms with Crippen molar-refractivity contribution < 1.29 is 9.59 Å². The molecule has 2 rings (SSSR count). The van der Waals surface area contributed by atoms with Crippen LogP contribution in [0.25, 0.3) is 0 Å². The molecule has 0 saturated heterocycles. The highest BCUT2D eigenvalue weighted by atomic mass is 16.2. The quantitative estimate of drug-likeness (QED) is 0.431. The Morgan fingerprint density at radius 1 is 1.00 bits per heavy atom. The topological polar surface area (TPSA) is 58.2 Å². The zero-order valence-corrected chi connectivity index (χ0v) is 13.4. The Balaban J connectivity index is 1.78. The summed E-state index contributed by atoms with van der Waals surface area (Å²) in [5, 5.41) is 6.10. The zero-order valence-electron chi connectivity index (χ0n) is 13.4. The van der Waals surface area contributed by atoms with Gasteiger partial charge >= 0.3 is 0 Å². The van der Waals surface area contributed by atoms with Gasteiger partial charge < -0.3 is 10.6 Å². The van der Waals surface area contributed by atoms with Crippen molar-refractivity contribution in [2.75, 3.05) is 6.54 Å². The molecule has 0 radical (unpaired) electrons. The first-order valence-electron chi connectivity index (χ1n) is 8.78. The Morgan fingerprint density at radius 3 is 2.24 bits per heavy atom. The minimum atomic E-state index is -0.738. The lowest BCUT2D eigenvalue weighted by Crippen LogP contribution is -2.46. The molecule has 2 aliphatic rings. The number of hydrogen-bond acceptors (Lipinski definition) is 2. The fraction of sp³-hybridized carbons (Fsp3) is 0.882. The summed E-state index contributed by atoms with van der Waals surface area (Å²) in [7, 11) is 0. The Bertz CT molecular complexity index is 356. The van der Waals surface area contributed by atoms with Gasteiger partial charge in [0.15, 0.2) is 0 Å². The van der Waals surface area contributed by atoms with Gasteiger partial charge in [-0.2, -0.15) is 0 Å². The van der Waals surface area contributed by atoms with Gasteiger partial charge in [0.25, 0.3) is 0 Å². The van der Waals surface area contributed by atoms with Gasteiger partial charge in [-0.05, 0) is 32.1 Å². The number of hydrogen-bond donors (Lipinski definition) is 2. The van der Waals surface area contributed by atoms with Crippen LogP contribution in [0, 0.1) is 5.41 Å². The largest absolute Gasteiger partial charge is 0.355 e. The molecular formula is C17H30N2O2. The number of nitrogens with one attached hydrogen (secondary N) is 2. The van der Waals surface area contributed by atoms with Gasteiger partial charge in [-0.3, -0.25) is 9.59 Å². The SMILES string of the molecule is CCCCCNC(=O)C1(C(=O)NC2CCCCCC2)CC1. The summed E-state index contributed by atoms with van der Waals surface area (Å²) in [5.41, 5.74) is -0.738. The summed E-state index contributed by atoms with van der Waals surface area (Å²) in [5.74, 6) is -0.0767. The molecule has 0 heterocycles. The summed E-state index contributed by atoms with van der Waals surface area (Å²) in [6.07, 6.45) is 11.8. The van der Waals surface area contributed by atoms with E-state index in [1.54, 1.807) is 0 Å². The Kier molecular flexibility index (Phi) is 6.07. The van der Waals surface area contributed by atoms with Crippen LogP contribution in [0.15, 0.2) is 0 Å². The fourth-order valence-electron chi connectivity index (χ4n) is 3.18. The average molecular weight is 294 g/mol. The van der Waals surface area contributed by atoms with Gasteiger partial charge in [0.05, 0.1) is 0 Å². The van der Waals surface area contributed by atoms with Crippen LogP contribution in [0.5, 0.6) is 0 Å². The lowest BCUT2D eigenvalue weighted by Gasteiger charge is -2.21. The number of rotatable bonds is 7. The molecule has 0 aromatic heterocycles. The maximum atomic E-state index is 12.5. The summed E-state index contributed by atoms with van der Waals surface area (Å²) >= 11 is 0. The highest BCUT2D eigenvalue weighted by Crippen LogP contribution is 2.46. The molecular weight excluding hydrogens is 264 g/mol. The standard InChI is InChI=1S/C17H30N2O2/c1-2-3-8-13-18-15(20)17(11-12-17)16(21)19-14-9-6-4-5-7-10-14/h14H,2-13H2,1H3,(H,18,20)(H,19,21). The van der Waals surface area contributed by atoms with Gasteiger partial charge in [-0.25, -0.2) is 0 Å². The van der Waals surface area contributed by atoms with Crippen LogP contribution >= 0.6 is 0 Å². The van der Waals surface area contributed by atoms with E-state index in [9.17, 15) is 9.59 Å². The van der Waals surface area contributed by atoms with E-state index in [0.29, 0.717) is 19.4 Å². The minimum absolute atomic E-state index is 0.0256. The molecule has 0 aliphatic heterocycles. The minimum Gasteiger partial charge on any atom is -0.355 e. The third-order valence-corrected chi connectivity index (χ3v) is 4.88. The first-order chi connectivity index (χ1) is 10.2. The maximum Gasteiger partial charge on any atom is 0.235 e.